The molecule has 0 radical (unpaired) electrons. The Morgan fingerprint density at radius 2 is 1.73 bits per heavy atom. The summed E-state index contributed by atoms with van der Waals surface area (Å²) in [6.07, 6.45) is 0. The molecule has 0 saturated heterocycles. The summed E-state index contributed by atoms with van der Waals surface area (Å²) in [6, 6.07) is 13.1. The van der Waals surface area contributed by atoms with Gasteiger partial charge in [0.05, 0.1) is 0 Å². The van der Waals surface area contributed by atoms with Crippen molar-refractivity contribution in [1.29, 1.82) is 0 Å². The molecule has 0 fully saturated rings. The van der Waals surface area contributed by atoms with E-state index in [1.54, 1.807) is 6.07 Å². The van der Waals surface area contributed by atoms with Gasteiger partial charge >= 0.3 is 0 Å². The van der Waals surface area contributed by atoms with Gasteiger partial charge in [-0.25, -0.2) is 0 Å². The van der Waals surface area contributed by atoms with Gasteiger partial charge in [0.25, 0.3) is 5.91 Å². The molecule has 0 aliphatic rings. The van der Waals surface area contributed by atoms with Gasteiger partial charge in [-0.3, -0.25) is 4.79 Å². The highest BCUT2D eigenvalue weighted by Gasteiger charge is 2.09. The van der Waals surface area contributed by atoms with Gasteiger partial charge < -0.3 is 10.2 Å². The van der Waals surface area contributed by atoms with Gasteiger partial charge in [-0.1, -0.05) is 17.7 Å². The molecule has 0 bridgehead atoms. The van der Waals surface area contributed by atoms with Crippen LogP contribution >= 0.6 is 11.6 Å². The van der Waals surface area contributed by atoms with E-state index in [9.17, 15) is 4.79 Å². The average Bonchev–Trinajstić information content (AvgIpc) is 2.53. The van der Waals surface area contributed by atoms with E-state index in [4.69, 9.17) is 11.6 Å². The van der Waals surface area contributed by atoms with E-state index < -0.39 is 0 Å². The number of hydrogen-bond donors (Lipinski definition) is 1. The molecule has 0 aliphatic heterocycles. The van der Waals surface area contributed by atoms with Gasteiger partial charge in [0, 0.05) is 35.1 Å². The summed E-state index contributed by atoms with van der Waals surface area (Å²) < 4.78 is 0. The quantitative estimate of drug-likeness (QED) is 0.863. The number of aryl methyl sites for hydroxylation is 1. The van der Waals surface area contributed by atoms with E-state index in [1.807, 2.05) is 43.3 Å². The number of anilines is 2. The molecule has 0 heterocycles. The monoisotopic (exact) mass is 316 g/mol. The number of amides is 1. The molecule has 3 nitrogen and oxygen atoms in total. The maximum Gasteiger partial charge on any atom is 0.255 e. The van der Waals surface area contributed by atoms with E-state index in [0.717, 1.165) is 30.0 Å². The minimum absolute atomic E-state index is 0.128. The number of benzene rings is 2. The second-order valence-electron chi connectivity index (χ2n) is 5.13. The lowest BCUT2D eigenvalue weighted by Crippen LogP contribution is -2.21. The number of carbonyl (C=O) groups excluding carboxylic acids is 1. The van der Waals surface area contributed by atoms with Crippen molar-refractivity contribution in [2.24, 2.45) is 0 Å². The van der Waals surface area contributed by atoms with Crippen LogP contribution in [-0.2, 0) is 0 Å². The van der Waals surface area contributed by atoms with E-state index in [-0.39, 0.29) is 5.91 Å². The van der Waals surface area contributed by atoms with Gasteiger partial charge in [-0.2, -0.15) is 0 Å². The Labute approximate surface area is 136 Å². The number of nitrogens with zero attached hydrogens (tertiary/aromatic N) is 1. The maximum absolute atomic E-state index is 12.3. The molecule has 0 aromatic heterocycles. The van der Waals surface area contributed by atoms with Crippen molar-refractivity contribution in [2.75, 3.05) is 23.3 Å². The predicted octanol–water partition coefficient (Wildman–Crippen LogP) is 4.75. The van der Waals surface area contributed by atoms with Crippen LogP contribution < -0.4 is 10.2 Å². The van der Waals surface area contributed by atoms with Crippen molar-refractivity contribution in [3.63, 3.8) is 0 Å². The highest BCUT2D eigenvalue weighted by atomic mass is 35.5. The highest BCUT2D eigenvalue weighted by molar-refractivity contribution is 6.31. The van der Waals surface area contributed by atoms with Crippen LogP contribution in [0.2, 0.25) is 5.02 Å². The van der Waals surface area contributed by atoms with Crippen LogP contribution in [0.4, 0.5) is 11.4 Å². The summed E-state index contributed by atoms with van der Waals surface area (Å²) in [6.45, 7) is 8.07. The zero-order chi connectivity index (χ0) is 16.1. The second kappa shape index (κ2) is 7.32. The first-order chi connectivity index (χ1) is 10.5. The van der Waals surface area contributed by atoms with E-state index in [0.29, 0.717) is 10.6 Å². The fourth-order valence-corrected chi connectivity index (χ4v) is 2.51. The van der Waals surface area contributed by atoms with Crippen LogP contribution in [0, 0.1) is 6.92 Å². The van der Waals surface area contributed by atoms with Crippen molar-refractivity contribution in [3.8, 4) is 0 Å². The molecule has 1 N–H and O–H groups in total. The number of rotatable bonds is 5. The minimum atomic E-state index is -0.128. The maximum atomic E-state index is 12.3. The smallest absolute Gasteiger partial charge is 0.255 e. The van der Waals surface area contributed by atoms with Gasteiger partial charge in [-0.15, -0.1) is 0 Å². The molecule has 0 spiro atoms. The fraction of sp³-hybridized carbons (Fsp3) is 0.278. The standard InChI is InChI=1S/C18H21ClN2O/c1-4-21(5-2)16-10-7-14(8-11-16)18(22)20-17-12-15(19)9-6-13(17)3/h6-12H,4-5H2,1-3H3,(H,20,22). The molecule has 2 aromatic carbocycles. The molecule has 116 valence electrons. The Morgan fingerprint density at radius 3 is 2.32 bits per heavy atom. The van der Waals surface area contributed by atoms with E-state index in [1.165, 1.54) is 0 Å². The summed E-state index contributed by atoms with van der Waals surface area (Å²) in [5, 5.41) is 3.52. The number of nitrogens with one attached hydrogen (secondary N) is 1. The van der Waals surface area contributed by atoms with Crippen LogP contribution in [0.5, 0.6) is 0 Å². The molecule has 4 heteroatoms. The SMILES string of the molecule is CCN(CC)c1ccc(C(=O)Nc2cc(Cl)ccc2C)cc1. The molecule has 1 amide bonds. The van der Waals surface area contributed by atoms with Crippen LogP contribution in [0.1, 0.15) is 29.8 Å². The Balaban J connectivity index is 2.14. The first-order valence-corrected chi connectivity index (χ1v) is 7.85. The average molecular weight is 317 g/mol. The van der Waals surface area contributed by atoms with Crippen molar-refractivity contribution >= 4 is 28.9 Å². The van der Waals surface area contributed by atoms with E-state index >= 15 is 0 Å². The summed E-state index contributed by atoms with van der Waals surface area (Å²) in [4.78, 5) is 14.6. The van der Waals surface area contributed by atoms with Gasteiger partial charge in [0.1, 0.15) is 0 Å². The van der Waals surface area contributed by atoms with Gasteiger partial charge in [0.2, 0.25) is 0 Å². The summed E-state index contributed by atoms with van der Waals surface area (Å²) in [5.41, 5.74) is 3.48. The minimum Gasteiger partial charge on any atom is -0.372 e. The molecule has 22 heavy (non-hydrogen) atoms. The molecule has 0 atom stereocenters. The van der Waals surface area contributed by atoms with Crippen LogP contribution in [0.3, 0.4) is 0 Å². The molecule has 0 aliphatic carbocycles. The second-order valence-corrected chi connectivity index (χ2v) is 5.57. The third-order valence-electron chi connectivity index (χ3n) is 3.71. The van der Waals surface area contributed by atoms with E-state index in [2.05, 4.69) is 24.1 Å². The lowest BCUT2D eigenvalue weighted by Gasteiger charge is -2.21. The summed E-state index contributed by atoms with van der Waals surface area (Å²) in [5.74, 6) is -0.128. The van der Waals surface area contributed by atoms with Crippen molar-refractivity contribution in [2.45, 2.75) is 20.8 Å². The van der Waals surface area contributed by atoms with Gasteiger partial charge in [-0.05, 0) is 62.7 Å². The number of carbonyl (C=O) groups is 1. The molecule has 2 rings (SSSR count). The summed E-state index contributed by atoms with van der Waals surface area (Å²) in [7, 11) is 0. The zero-order valence-corrected chi connectivity index (χ0v) is 13.9. The molecule has 0 unspecified atom stereocenters. The first kappa shape index (κ1) is 16.4. The molecule has 0 saturated carbocycles. The molecular formula is C18H21ClN2O. The van der Waals surface area contributed by atoms with Crippen molar-refractivity contribution < 1.29 is 4.79 Å². The molecule has 2 aromatic rings. The van der Waals surface area contributed by atoms with Crippen LogP contribution in [0.25, 0.3) is 0 Å². The van der Waals surface area contributed by atoms with Gasteiger partial charge in [0.15, 0.2) is 0 Å². The van der Waals surface area contributed by atoms with Crippen molar-refractivity contribution in [1.82, 2.24) is 0 Å². The lowest BCUT2D eigenvalue weighted by molar-refractivity contribution is 0.102. The van der Waals surface area contributed by atoms with Crippen LogP contribution in [-0.4, -0.2) is 19.0 Å². The molecular weight excluding hydrogens is 296 g/mol. The number of halogens is 1. The van der Waals surface area contributed by atoms with Crippen molar-refractivity contribution in [3.05, 3.63) is 58.6 Å². The summed E-state index contributed by atoms with van der Waals surface area (Å²) >= 11 is 5.98. The largest absolute Gasteiger partial charge is 0.372 e. The topological polar surface area (TPSA) is 32.3 Å². The normalized spacial score (nSPS) is 10.4. The predicted molar refractivity (Wildman–Crippen MR) is 94.1 cm³/mol. The Bertz CT molecular complexity index is 649. The Kier molecular flexibility index (Phi) is 5.45. The van der Waals surface area contributed by atoms with Crippen LogP contribution in [0.15, 0.2) is 42.5 Å². The number of hydrogen-bond acceptors (Lipinski definition) is 2. The third kappa shape index (κ3) is 3.80. The lowest BCUT2D eigenvalue weighted by atomic mass is 10.1. The highest BCUT2D eigenvalue weighted by Crippen LogP contribution is 2.21. The zero-order valence-electron chi connectivity index (χ0n) is 13.2. The Morgan fingerprint density at radius 1 is 1.09 bits per heavy atom. The Hall–Kier alpha value is -2.00. The fourth-order valence-electron chi connectivity index (χ4n) is 2.34. The first-order valence-electron chi connectivity index (χ1n) is 7.47. The third-order valence-corrected chi connectivity index (χ3v) is 3.94.